The Morgan fingerprint density at radius 3 is 2.86 bits per heavy atom. The fourth-order valence-corrected chi connectivity index (χ4v) is 2.32. The van der Waals surface area contributed by atoms with Gasteiger partial charge in [-0.3, -0.25) is 4.68 Å². The van der Waals surface area contributed by atoms with Crippen molar-refractivity contribution in [3.05, 3.63) is 28.2 Å². The number of amides is 2. The van der Waals surface area contributed by atoms with Crippen molar-refractivity contribution in [2.24, 2.45) is 7.05 Å². The van der Waals surface area contributed by atoms with Crippen molar-refractivity contribution in [3.63, 3.8) is 0 Å². The van der Waals surface area contributed by atoms with Gasteiger partial charge in [0.2, 0.25) is 0 Å². The molecule has 0 aromatic carbocycles. The molecule has 3 N–H and O–H groups in total. The van der Waals surface area contributed by atoms with Crippen molar-refractivity contribution in [3.8, 4) is 0 Å². The quantitative estimate of drug-likeness (QED) is 0.740. The van der Waals surface area contributed by atoms with E-state index in [1.807, 2.05) is 0 Å². The third kappa shape index (κ3) is 3.99. The van der Waals surface area contributed by atoms with E-state index < -0.39 is 12.0 Å². The van der Waals surface area contributed by atoms with E-state index in [4.69, 9.17) is 5.11 Å². The van der Waals surface area contributed by atoms with E-state index in [0.717, 1.165) is 0 Å². The molecule has 0 saturated carbocycles. The van der Waals surface area contributed by atoms with Gasteiger partial charge in [0.25, 0.3) is 0 Å². The molecule has 2 aromatic heterocycles. The SMILES string of the molecule is CC(NC(=O)NCc1ncn(C)n1)c1nc(C(=O)O)cs1. The first-order chi connectivity index (χ1) is 9.95. The molecule has 9 nitrogen and oxygen atoms in total. The average molecular weight is 310 g/mol. The lowest BCUT2D eigenvalue weighted by molar-refractivity contribution is 0.0691. The Labute approximate surface area is 124 Å². The van der Waals surface area contributed by atoms with Crippen LogP contribution < -0.4 is 10.6 Å². The summed E-state index contributed by atoms with van der Waals surface area (Å²) in [4.78, 5) is 30.4. The molecule has 0 spiro atoms. The van der Waals surface area contributed by atoms with Crippen LogP contribution >= 0.6 is 11.3 Å². The normalized spacial score (nSPS) is 11.9. The van der Waals surface area contributed by atoms with Crippen LogP contribution in [0.3, 0.4) is 0 Å². The predicted molar refractivity (Wildman–Crippen MR) is 73.9 cm³/mol. The number of urea groups is 1. The Morgan fingerprint density at radius 2 is 2.29 bits per heavy atom. The van der Waals surface area contributed by atoms with E-state index >= 15 is 0 Å². The summed E-state index contributed by atoms with van der Waals surface area (Å²) >= 11 is 1.18. The summed E-state index contributed by atoms with van der Waals surface area (Å²) in [6, 6.07) is -0.790. The van der Waals surface area contributed by atoms with E-state index in [1.54, 1.807) is 25.0 Å². The molecule has 2 rings (SSSR count). The lowest BCUT2D eigenvalue weighted by Crippen LogP contribution is -2.36. The second-order valence-electron chi connectivity index (χ2n) is 4.26. The third-order valence-corrected chi connectivity index (χ3v) is 3.54. The number of hydrogen-bond acceptors (Lipinski definition) is 6. The summed E-state index contributed by atoms with van der Waals surface area (Å²) < 4.78 is 1.54. The summed E-state index contributed by atoms with van der Waals surface area (Å²) in [5, 5.41) is 20.1. The Bertz CT molecular complexity index is 652. The van der Waals surface area contributed by atoms with Crippen LogP contribution in [-0.2, 0) is 13.6 Å². The highest BCUT2D eigenvalue weighted by Crippen LogP contribution is 2.17. The molecule has 0 radical (unpaired) electrons. The molecule has 2 aromatic rings. The Kier molecular flexibility index (Phi) is 4.48. The molecule has 0 aliphatic heterocycles. The fraction of sp³-hybridized carbons (Fsp3) is 0.364. The molecule has 0 aliphatic carbocycles. The maximum absolute atomic E-state index is 11.7. The molecular formula is C11H14N6O3S. The topological polar surface area (TPSA) is 122 Å². The highest BCUT2D eigenvalue weighted by Gasteiger charge is 2.16. The number of carboxylic acids is 1. The van der Waals surface area contributed by atoms with E-state index in [1.165, 1.54) is 16.7 Å². The maximum Gasteiger partial charge on any atom is 0.355 e. The number of aryl methyl sites for hydroxylation is 1. The summed E-state index contributed by atoms with van der Waals surface area (Å²) in [6.07, 6.45) is 1.54. The van der Waals surface area contributed by atoms with Gasteiger partial charge in [-0.2, -0.15) is 5.10 Å². The second kappa shape index (κ2) is 6.31. The highest BCUT2D eigenvalue weighted by molar-refractivity contribution is 7.09. The van der Waals surface area contributed by atoms with Crippen LogP contribution in [0, 0.1) is 0 Å². The minimum absolute atomic E-state index is 0.0262. The third-order valence-electron chi connectivity index (χ3n) is 2.51. The largest absolute Gasteiger partial charge is 0.476 e. The highest BCUT2D eigenvalue weighted by atomic mass is 32.1. The number of thiazole rings is 1. The van der Waals surface area contributed by atoms with Gasteiger partial charge in [0.15, 0.2) is 11.5 Å². The van der Waals surface area contributed by atoms with Crippen LogP contribution in [0.4, 0.5) is 4.79 Å². The molecule has 112 valence electrons. The number of aromatic nitrogens is 4. The smallest absolute Gasteiger partial charge is 0.355 e. The van der Waals surface area contributed by atoms with Crippen LogP contribution in [0.15, 0.2) is 11.7 Å². The van der Waals surface area contributed by atoms with Crippen LogP contribution in [0.2, 0.25) is 0 Å². The summed E-state index contributed by atoms with van der Waals surface area (Å²) in [5.74, 6) is -0.585. The number of nitrogens with one attached hydrogen (secondary N) is 2. The first-order valence-electron chi connectivity index (χ1n) is 6.03. The number of hydrogen-bond donors (Lipinski definition) is 3. The maximum atomic E-state index is 11.7. The first kappa shape index (κ1) is 14.9. The minimum atomic E-state index is -1.09. The number of carbonyl (C=O) groups excluding carboxylic acids is 1. The van der Waals surface area contributed by atoms with Crippen LogP contribution in [0.1, 0.15) is 34.3 Å². The summed E-state index contributed by atoms with van der Waals surface area (Å²) in [7, 11) is 1.74. The molecule has 2 heterocycles. The van der Waals surface area contributed by atoms with Gasteiger partial charge in [0, 0.05) is 12.4 Å². The molecule has 21 heavy (non-hydrogen) atoms. The lowest BCUT2D eigenvalue weighted by atomic mass is 10.3. The van der Waals surface area contributed by atoms with Crippen LogP contribution in [-0.4, -0.2) is 36.9 Å². The van der Waals surface area contributed by atoms with Crippen LogP contribution in [0.5, 0.6) is 0 Å². The monoisotopic (exact) mass is 310 g/mol. The molecule has 0 bridgehead atoms. The zero-order chi connectivity index (χ0) is 15.4. The molecule has 0 fully saturated rings. The molecule has 0 aliphatic rings. The molecule has 1 unspecified atom stereocenters. The zero-order valence-electron chi connectivity index (χ0n) is 11.4. The van der Waals surface area contributed by atoms with E-state index in [2.05, 4.69) is 25.7 Å². The van der Waals surface area contributed by atoms with Crippen molar-refractivity contribution in [2.75, 3.05) is 0 Å². The minimum Gasteiger partial charge on any atom is -0.476 e. The van der Waals surface area contributed by atoms with Gasteiger partial charge in [-0.25, -0.2) is 19.6 Å². The van der Waals surface area contributed by atoms with Gasteiger partial charge >= 0.3 is 12.0 Å². The number of carboxylic acid groups (broad SMARTS) is 1. The Hall–Kier alpha value is -2.49. The van der Waals surface area contributed by atoms with Gasteiger partial charge in [0.1, 0.15) is 11.3 Å². The molecule has 0 saturated heterocycles. The second-order valence-corrected chi connectivity index (χ2v) is 5.15. The number of aromatic carboxylic acids is 1. The van der Waals surface area contributed by atoms with Crippen molar-refractivity contribution in [2.45, 2.75) is 19.5 Å². The lowest BCUT2D eigenvalue weighted by Gasteiger charge is -2.11. The first-order valence-corrected chi connectivity index (χ1v) is 6.91. The van der Waals surface area contributed by atoms with E-state index in [0.29, 0.717) is 10.8 Å². The standard InChI is InChI=1S/C11H14N6O3S/c1-6(9-15-7(4-21-9)10(18)19)14-11(20)12-3-8-13-5-17(2)16-8/h4-6H,3H2,1-2H3,(H,18,19)(H2,12,14,20). The Morgan fingerprint density at radius 1 is 1.52 bits per heavy atom. The van der Waals surface area contributed by atoms with Gasteiger partial charge in [0.05, 0.1) is 12.6 Å². The van der Waals surface area contributed by atoms with Crippen molar-refractivity contribution in [1.29, 1.82) is 0 Å². The summed E-state index contributed by atoms with van der Waals surface area (Å²) in [5.41, 5.74) is -0.0262. The molecule has 10 heteroatoms. The van der Waals surface area contributed by atoms with Crippen molar-refractivity contribution < 1.29 is 14.7 Å². The van der Waals surface area contributed by atoms with Crippen LogP contribution in [0.25, 0.3) is 0 Å². The van der Waals surface area contributed by atoms with Gasteiger partial charge in [-0.05, 0) is 6.92 Å². The molecule has 1 atom stereocenters. The molecule has 2 amide bonds. The van der Waals surface area contributed by atoms with Gasteiger partial charge in [-0.1, -0.05) is 0 Å². The number of nitrogens with zero attached hydrogens (tertiary/aromatic N) is 4. The zero-order valence-corrected chi connectivity index (χ0v) is 12.2. The fourth-order valence-electron chi connectivity index (χ4n) is 1.52. The van der Waals surface area contributed by atoms with Crippen molar-refractivity contribution in [1.82, 2.24) is 30.4 Å². The predicted octanol–water partition coefficient (Wildman–Crippen LogP) is 0.530. The van der Waals surface area contributed by atoms with E-state index in [-0.39, 0.29) is 18.3 Å². The average Bonchev–Trinajstić information content (AvgIpc) is 3.05. The van der Waals surface area contributed by atoms with E-state index in [9.17, 15) is 9.59 Å². The summed E-state index contributed by atoms with van der Waals surface area (Å²) in [6.45, 7) is 1.93. The number of rotatable bonds is 5. The Balaban J connectivity index is 1.85. The van der Waals surface area contributed by atoms with Gasteiger partial charge < -0.3 is 15.7 Å². The molecular weight excluding hydrogens is 296 g/mol. The van der Waals surface area contributed by atoms with Crippen molar-refractivity contribution >= 4 is 23.3 Å². The number of carbonyl (C=O) groups is 2. The van der Waals surface area contributed by atoms with Gasteiger partial charge in [-0.15, -0.1) is 11.3 Å².